The van der Waals surface area contributed by atoms with E-state index >= 15 is 0 Å². The summed E-state index contributed by atoms with van der Waals surface area (Å²) in [4.78, 5) is 3.44. The van der Waals surface area contributed by atoms with Crippen LogP contribution in [0.5, 0.6) is 0 Å². The molecule has 19 heavy (non-hydrogen) atoms. The molecule has 2 heterocycles. The van der Waals surface area contributed by atoms with Gasteiger partial charge in [0, 0.05) is 25.2 Å². The van der Waals surface area contributed by atoms with Crippen molar-refractivity contribution in [1.29, 1.82) is 0 Å². The number of methoxy groups -OCH3 is 1. The molecule has 0 amide bonds. The van der Waals surface area contributed by atoms with E-state index in [-0.39, 0.29) is 10.7 Å². The smallest absolute Gasteiger partial charge is 0.383 e. The first-order chi connectivity index (χ1) is 8.95. The summed E-state index contributed by atoms with van der Waals surface area (Å²) in [6.45, 7) is 1.85. The van der Waals surface area contributed by atoms with Gasteiger partial charge in [-0.15, -0.1) is 0 Å². The molecule has 0 radical (unpaired) electrons. The summed E-state index contributed by atoms with van der Waals surface area (Å²) in [5.74, 6) is -1.10. The van der Waals surface area contributed by atoms with Crippen molar-refractivity contribution in [2.45, 2.75) is 24.6 Å². The van der Waals surface area contributed by atoms with Gasteiger partial charge in [-0.3, -0.25) is 0 Å². The zero-order valence-electron chi connectivity index (χ0n) is 10.4. The van der Waals surface area contributed by atoms with Crippen molar-refractivity contribution >= 4 is 16.7 Å². The van der Waals surface area contributed by atoms with E-state index in [4.69, 9.17) is 4.74 Å². The minimum Gasteiger partial charge on any atom is -0.383 e. The maximum atomic E-state index is 12.4. The van der Waals surface area contributed by atoms with Crippen LogP contribution >= 0.6 is 11.5 Å². The highest BCUT2D eigenvalue weighted by molar-refractivity contribution is 7.09. The van der Waals surface area contributed by atoms with Gasteiger partial charge in [-0.25, -0.2) is 0 Å². The van der Waals surface area contributed by atoms with Crippen LogP contribution in [0.4, 0.5) is 18.3 Å². The number of anilines is 1. The number of rotatable bonds is 5. The lowest BCUT2D eigenvalue weighted by molar-refractivity contribution is -0.144. The first-order valence-corrected chi connectivity index (χ1v) is 6.61. The van der Waals surface area contributed by atoms with E-state index in [2.05, 4.69) is 20.0 Å². The van der Waals surface area contributed by atoms with Gasteiger partial charge in [0.15, 0.2) is 0 Å². The van der Waals surface area contributed by atoms with Gasteiger partial charge in [0.2, 0.25) is 11.0 Å². The summed E-state index contributed by atoms with van der Waals surface area (Å²) in [6.07, 6.45) is -2.56. The Kier molecular flexibility index (Phi) is 4.26. The standard InChI is InChI=1S/C10H15F3N4OS/c1-18-6-9(3-2-4-15-9)5-14-8-16-7(17-19-8)10(11,12)13/h15H,2-6H2,1H3,(H,14,16,17). The average molecular weight is 296 g/mol. The molecule has 1 fully saturated rings. The lowest BCUT2D eigenvalue weighted by Crippen LogP contribution is -2.49. The van der Waals surface area contributed by atoms with Gasteiger partial charge in [-0.2, -0.15) is 22.5 Å². The second-order valence-electron chi connectivity index (χ2n) is 4.52. The molecule has 1 aliphatic rings. The molecule has 1 aliphatic heterocycles. The molecule has 0 saturated carbocycles. The predicted octanol–water partition coefficient (Wildman–Crippen LogP) is 1.74. The maximum Gasteiger partial charge on any atom is 0.452 e. The Balaban J connectivity index is 1.96. The van der Waals surface area contributed by atoms with Crippen LogP contribution in [0.25, 0.3) is 0 Å². The molecular weight excluding hydrogens is 281 g/mol. The summed E-state index contributed by atoms with van der Waals surface area (Å²) in [5, 5.41) is 6.41. The molecule has 1 aromatic heterocycles. The quantitative estimate of drug-likeness (QED) is 0.866. The van der Waals surface area contributed by atoms with E-state index in [1.807, 2.05) is 0 Å². The van der Waals surface area contributed by atoms with Crippen LogP contribution in [0.15, 0.2) is 0 Å². The molecular formula is C10H15F3N4OS. The van der Waals surface area contributed by atoms with Crippen molar-refractivity contribution in [3.8, 4) is 0 Å². The van der Waals surface area contributed by atoms with Gasteiger partial charge in [-0.1, -0.05) is 0 Å². The summed E-state index contributed by atoms with van der Waals surface area (Å²) < 4.78 is 45.5. The molecule has 108 valence electrons. The zero-order valence-corrected chi connectivity index (χ0v) is 11.2. The number of alkyl halides is 3. The highest BCUT2D eigenvalue weighted by atomic mass is 32.1. The minimum atomic E-state index is -4.49. The number of nitrogens with zero attached hydrogens (tertiary/aromatic N) is 2. The van der Waals surface area contributed by atoms with Gasteiger partial charge in [0.25, 0.3) is 0 Å². The third-order valence-corrected chi connectivity index (χ3v) is 3.68. The van der Waals surface area contributed by atoms with E-state index in [9.17, 15) is 13.2 Å². The van der Waals surface area contributed by atoms with E-state index in [0.29, 0.717) is 24.7 Å². The van der Waals surface area contributed by atoms with E-state index < -0.39 is 12.0 Å². The van der Waals surface area contributed by atoms with E-state index in [1.165, 1.54) is 0 Å². The first-order valence-electron chi connectivity index (χ1n) is 5.84. The van der Waals surface area contributed by atoms with Gasteiger partial charge in [0.05, 0.1) is 12.1 Å². The molecule has 1 atom stereocenters. The Labute approximate surface area is 112 Å². The van der Waals surface area contributed by atoms with Crippen LogP contribution in [0.1, 0.15) is 18.7 Å². The second kappa shape index (κ2) is 5.59. The summed E-state index contributed by atoms with van der Waals surface area (Å²) in [5.41, 5.74) is -0.237. The monoisotopic (exact) mass is 296 g/mol. The second-order valence-corrected chi connectivity index (χ2v) is 5.27. The number of ether oxygens (including phenoxy) is 1. The van der Waals surface area contributed by atoms with Crippen LogP contribution in [0, 0.1) is 0 Å². The summed E-state index contributed by atoms with van der Waals surface area (Å²) in [7, 11) is 1.61. The van der Waals surface area contributed by atoms with Crippen LogP contribution in [0.3, 0.4) is 0 Å². The number of halogens is 3. The molecule has 5 nitrogen and oxygen atoms in total. The van der Waals surface area contributed by atoms with Gasteiger partial charge in [-0.05, 0) is 19.4 Å². The largest absolute Gasteiger partial charge is 0.452 e. The van der Waals surface area contributed by atoms with Gasteiger partial charge in [0.1, 0.15) is 0 Å². The van der Waals surface area contributed by atoms with E-state index in [1.54, 1.807) is 7.11 Å². The minimum absolute atomic E-state index is 0.177. The van der Waals surface area contributed by atoms with Gasteiger partial charge < -0.3 is 15.4 Å². The van der Waals surface area contributed by atoms with Crippen molar-refractivity contribution in [1.82, 2.24) is 14.7 Å². The summed E-state index contributed by atoms with van der Waals surface area (Å²) >= 11 is 0.716. The number of aromatic nitrogens is 2. The lowest BCUT2D eigenvalue weighted by Gasteiger charge is -2.28. The number of nitrogens with one attached hydrogen (secondary N) is 2. The molecule has 0 bridgehead atoms. The predicted molar refractivity (Wildman–Crippen MR) is 65.2 cm³/mol. The molecule has 1 aromatic rings. The molecule has 9 heteroatoms. The molecule has 0 aromatic carbocycles. The Hall–Kier alpha value is -0.930. The van der Waals surface area contributed by atoms with Gasteiger partial charge >= 0.3 is 6.18 Å². The highest BCUT2D eigenvalue weighted by Crippen LogP contribution is 2.29. The van der Waals surface area contributed by atoms with Crippen LogP contribution < -0.4 is 10.6 Å². The molecule has 1 saturated heterocycles. The maximum absolute atomic E-state index is 12.4. The molecule has 1 unspecified atom stereocenters. The Morgan fingerprint density at radius 3 is 2.84 bits per heavy atom. The Bertz CT molecular complexity index is 417. The third-order valence-electron chi connectivity index (χ3n) is 3.01. The molecule has 2 rings (SSSR count). The highest BCUT2D eigenvalue weighted by Gasteiger charge is 2.37. The topological polar surface area (TPSA) is 59.1 Å². The zero-order chi connectivity index (χ0) is 13.9. The molecule has 0 spiro atoms. The Morgan fingerprint density at radius 1 is 1.53 bits per heavy atom. The molecule has 2 N–H and O–H groups in total. The normalized spacial score (nSPS) is 23.8. The van der Waals surface area contributed by atoms with Crippen molar-refractivity contribution in [2.75, 3.05) is 32.1 Å². The first kappa shape index (κ1) is 14.5. The average Bonchev–Trinajstić information content (AvgIpc) is 2.94. The Morgan fingerprint density at radius 2 is 2.32 bits per heavy atom. The third kappa shape index (κ3) is 3.54. The van der Waals surface area contributed by atoms with Crippen molar-refractivity contribution in [3.05, 3.63) is 5.82 Å². The van der Waals surface area contributed by atoms with E-state index in [0.717, 1.165) is 19.4 Å². The van der Waals surface area contributed by atoms with Crippen LogP contribution in [-0.2, 0) is 10.9 Å². The van der Waals surface area contributed by atoms with Crippen molar-refractivity contribution in [3.63, 3.8) is 0 Å². The fourth-order valence-electron chi connectivity index (χ4n) is 2.13. The van der Waals surface area contributed by atoms with Crippen LogP contribution in [-0.4, -0.2) is 41.7 Å². The lowest BCUT2D eigenvalue weighted by atomic mass is 9.99. The SMILES string of the molecule is COCC1(CNc2nc(C(F)(F)F)ns2)CCCN1. The number of hydrogen-bond donors (Lipinski definition) is 2. The fraction of sp³-hybridized carbons (Fsp3) is 0.800. The van der Waals surface area contributed by atoms with Crippen LogP contribution in [0.2, 0.25) is 0 Å². The van der Waals surface area contributed by atoms with Crippen molar-refractivity contribution < 1.29 is 17.9 Å². The molecule has 0 aliphatic carbocycles. The van der Waals surface area contributed by atoms with Crippen molar-refractivity contribution in [2.24, 2.45) is 0 Å². The number of hydrogen-bond acceptors (Lipinski definition) is 6. The summed E-state index contributed by atoms with van der Waals surface area (Å²) in [6, 6.07) is 0. The fourth-order valence-corrected chi connectivity index (χ4v) is 2.71.